The summed E-state index contributed by atoms with van der Waals surface area (Å²) in [5, 5.41) is 4.05. The quantitative estimate of drug-likeness (QED) is 0.812. The van der Waals surface area contributed by atoms with Crippen LogP contribution >= 0.6 is 15.9 Å². The first-order valence-electron chi connectivity index (χ1n) is 4.18. The molecule has 2 heterocycles. The molecule has 14 heavy (non-hydrogen) atoms. The molecule has 0 amide bonds. The third-order valence-corrected chi connectivity index (χ3v) is 2.14. The topological polar surface area (TPSA) is 56.5 Å². The van der Waals surface area contributed by atoms with Crippen molar-refractivity contribution >= 4 is 15.9 Å². The molecule has 0 atom stereocenters. The first-order valence-corrected chi connectivity index (χ1v) is 4.97. The summed E-state index contributed by atoms with van der Waals surface area (Å²) in [6, 6.07) is 0. The molecule has 2 aromatic heterocycles. The Hall–Kier alpha value is -1.30. The van der Waals surface area contributed by atoms with Gasteiger partial charge >= 0.3 is 0 Å². The first-order chi connectivity index (χ1) is 6.81. The zero-order valence-electron chi connectivity index (χ0n) is 7.55. The maximum absolute atomic E-state index is 4.13. The van der Waals surface area contributed by atoms with Gasteiger partial charge in [-0.25, -0.2) is 15.0 Å². The smallest absolute Gasteiger partial charge is 0.219 e. The van der Waals surface area contributed by atoms with E-state index in [1.54, 1.807) is 17.1 Å². The molecule has 0 aliphatic rings. The van der Waals surface area contributed by atoms with Crippen LogP contribution in [0.2, 0.25) is 0 Å². The van der Waals surface area contributed by atoms with E-state index < -0.39 is 0 Å². The Morgan fingerprint density at radius 3 is 2.64 bits per heavy atom. The van der Waals surface area contributed by atoms with Crippen LogP contribution in [-0.4, -0.2) is 24.7 Å². The monoisotopic (exact) mass is 253 g/mol. The van der Waals surface area contributed by atoms with Crippen LogP contribution in [0, 0.1) is 0 Å². The normalized spacial score (nSPS) is 10.4. The summed E-state index contributed by atoms with van der Waals surface area (Å²) in [5.74, 6) is 1.40. The van der Waals surface area contributed by atoms with Crippen molar-refractivity contribution in [1.29, 1.82) is 0 Å². The minimum atomic E-state index is 0.544. The highest BCUT2D eigenvalue weighted by atomic mass is 79.9. The maximum atomic E-state index is 4.13. The van der Waals surface area contributed by atoms with E-state index in [9.17, 15) is 0 Å². The number of hydrogen-bond acceptors (Lipinski definition) is 4. The highest BCUT2D eigenvalue weighted by Gasteiger charge is 2.06. The molecule has 0 fully saturated rings. The van der Waals surface area contributed by atoms with Crippen LogP contribution in [0.5, 0.6) is 0 Å². The van der Waals surface area contributed by atoms with E-state index in [4.69, 9.17) is 0 Å². The molecule has 0 unspecified atom stereocenters. The van der Waals surface area contributed by atoms with Gasteiger partial charge in [0.1, 0.15) is 12.2 Å². The maximum Gasteiger partial charge on any atom is 0.252 e. The number of rotatable bonds is 2. The number of hydrogen-bond donors (Lipinski definition) is 0. The Balaban J connectivity index is 2.44. The molecule has 0 bridgehead atoms. The zero-order chi connectivity index (χ0) is 9.97. The lowest BCUT2D eigenvalue weighted by Gasteiger charge is -2.00. The second-order valence-corrected chi connectivity index (χ2v) is 3.56. The molecule has 6 heteroatoms. The van der Waals surface area contributed by atoms with Crippen molar-refractivity contribution in [3.63, 3.8) is 0 Å². The fraction of sp³-hybridized carbons (Fsp3) is 0.250. The van der Waals surface area contributed by atoms with Crippen LogP contribution in [0.1, 0.15) is 12.7 Å². The minimum absolute atomic E-state index is 0.544. The predicted octanol–water partition coefficient (Wildman–Crippen LogP) is 1.38. The van der Waals surface area contributed by atoms with Gasteiger partial charge in [-0.1, -0.05) is 6.92 Å². The Morgan fingerprint density at radius 1 is 1.29 bits per heavy atom. The molecule has 0 radical (unpaired) electrons. The van der Waals surface area contributed by atoms with Gasteiger partial charge in [0, 0.05) is 18.8 Å². The Bertz CT molecular complexity index is 422. The predicted molar refractivity (Wildman–Crippen MR) is 54.0 cm³/mol. The molecule has 2 rings (SSSR count). The molecule has 0 aliphatic carbocycles. The molecule has 5 nitrogen and oxygen atoms in total. The summed E-state index contributed by atoms with van der Waals surface area (Å²) in [7, 11) is 0. The lowest BCUT2D eigenvalue weighted by atomic mass is 10.5. The average Bonchev–Trinajstić information content (AvgIpc) is 2.67. The summed E-state index contributed by atoms with van der Waals surface area (Å²) in [6.07, 6.45) is 5.68. The van der Waals surface area contributed by atoms with Gasteiger partial charge in [0.05, 0.1) is 4.47 Å². The highest BCUT2D eigenvalue weighted by molar-refractivity contribution is 9.10. The lowest BCUT2D eigenvalue weighted by Crippen LogP contribution is -2.06. The zero-order valence-corrected chi connectivity index (χ0v) is 9.14. The third-order valence-electron chi connectivity index (χ3n) is 1.73. The van der Waals surface area contributed by atoms with Crippen molar-refractivity contribution in [2.24, 2.45) is 0 Å². The van der Waals surface area contributed by atoms with E-state index in [1.165, 1.54) is 6.33 Å². The van der Waals surface area contributed by atoms with Gasteiger partial charge < -0.3 is 0 Å². The summed E-state index contributed by atoms with van der Waals surface area (Å²) in [5.41, 5.74) is 0. The molecular weight excluding hydrogens is 246 g/mol. The van der Waals surface area contributed by atoms with Crippen LogP contribution in [0.25, 0.3) is 5.95 Å². The Morgan fingerprint density at radius 2 is 2.00 bits per heavy atom. The van der Waals surface area contributed by atoms with Crippen molar-refractivity contribution in [3.8, 4) is 5.95 Å². The van der Waals surface area contributed by atoms with E-state index in [0.717, 1.165) is 16.7 Å². The summed E-state index contributed by atoms with van der Waals surface area (Å²) in [4.78, 5) is 12.4. The van der Waals surface area contributed by atoms with Crippen LogP contribution < -0.4 is 0 Å². The van der Waals surface area contributed by atoms with Gasteiger partial charge in [0.2, 0.25) is 0 Å². The average molecular weight is 254 g/mol. The molecule has 0 aromatic carbocycles. The van der Waals surface area contributed by atoms with E-state index in [-0.39, 0.29) is 0 Å². The van der Waals surface area contributed by atoms with Crippen LogP contribution in [0.4, 0.5) is 0 Å². The fourth-order valence-corrected chi connectivity index (χ4v) is 1.29. The molecule has 0 N–H and O–H groups in total. The molecule has 0 saturated carbocycles. The number of aryl methyl sites for hydroxylation is 1. The van der Waals surface area contributed by atoms with Gasteiger partial charge in [0.15, 0.2) is 0 Å². The lowest BCUT2D eigenvalue weighted by molar-refractivity contribution is 0.750. The largest absolute Gasteiger partial charge is 0.252 e. The van der Waals surface area contributed by atoms with Crippen molar-refractivity contribution in [3.05, 3.63) is 29.0 Å². The second kappa shape index (κ2) is 3.83. The standard InChI is InChI=1S/C8H8BrN5/c1-2-7-12-5-13-14(7)8-10-3-6(9)4-11-8/h3-5H,2H2,1H3. The van der Waals surface area contributed by atoms with E-state index in [2.05, 4.69) is 36.0 Å². The van der Waals surface area contributed by atoms with Crippen molar-refractivity contribution < 1.29 is 0 Å². The first kappa shape index (κ1) is 9.26. The van der Waals surface area contributed by atoms with Gasteiger partial charge in [-0.2, -0.15) is 9.78 Å². The molecule has 0 saturated heterocycles. The van der Waals surface area contributed by atoms with E-state index in [1.807, 2.05) is 6.92 Å². The molecule has 0 aliphatic heterocycles. The van der Waals surface area contributed by atoms with E-state index in [0.29, 0.717) is 5.95 Å². The van der Waals surface area contributed by atoms with Gasteiger partial charge in [0.25, 0.3) is 5.95 Å². The SMILES string of the molecule is CCc1ncnn1-c1ncc(Br)cn1. The summed E-state index contributed by atoms with van der Waals surface area (Å²) >= 11 is 3.27. The molecular formula is C8H8BrN5. The Kier molecular flexibility index (Phi) is 2.53. The minimum Gasteiger partial charge on any atom is -0.219 e. The van der Waals surface area contributed by atoms with E-state index >= 15 is 0 Å². The van der Waals surface area contributed by atoms with Gasteiger partial charge in [-0.15, -0.1) is 0 Å². The summed E-state index contributed by atoms with van der Waals surface area (Å²) < 4.78 is 2.48. The summed E-state index contributed by atoms with van der Waals surface area (Å²) in [6.45, 7) is 2.01. The van der Waals surface area contributed by atoms with Crippen LogP contribution in [0.3, 0.4) is 0 Å². The van der Waals surface area contributed by atoms with Crippen LogP contribution in [0.15, 0.2) is 23.2 Å². The van der Waals surface area contributed by atoms with Gasteiger partial charge in [-0.3, -0.25) is 0 Å². The molecule has 0 spiro atoms. The Labute approximate surface area is 89.4 Å². The highest BCUT2D eigenvalue weighted by Crippen LogP contribution is 2.07. The third kappa shape index (κ3) is 1.65. The molecule has 2 aromatic rings. The number of halogens is 1. The van der Waals surface area contributed by atoms with Crippen LogP contribution in [-0.2, 0) is 6.42 Å². The fourth-order valence-electron chi connectivity index (χ4n) is 1.09. The van der Waals surface area contributed by atoms with Crippen molar-refractivity contribution in [2.45, 2.75) is 13.3 Å². The van der Waals surface area contributed by atoms with Crippen molar-refractivity contribution in [1.82, 2.24) is 24.7 Å². The number of nitrogens with zero attached hydrogens (tertiary/aromatic N) is 5. The van der Waals surface area contributed by atoms with Gasteiger partial charge in [-0.05, 0) is 15.9 Å². The second-order valence-electron chi connectivity index (χ2n) is 2.64. The molecule has 72 valence electrons. The number of aromatic nitrogens is 5. The van der Waals surface area contributed by atoms with Crippen molar-refractivity contribution in [2.75, 3.05) is 0 Å².